The minimum absolute atomic E-state index is 0.293. The zero-order valence-electron chi connectivity index (χ0n) is 11.5. The van der Waals surface area contributed by atoms with Crippen molar-refractivity contribution >= 4 is 15.9 Å². The van der Waals surface area contributed by atoms with Crippen molar-refractivity contribution in [1.82, 2.24) is 0 Å². The van der Waals surface area contributed by atoms with Gasteiger partial charge in [-0.15, -0.1) is 0 Å². The average Bonchev–Trinajstić information content (AvgIpc) is 2.38. The van der Waals surface area contributed by atoms with Crippen molar-refractivity contribution in [2.75, 3.05) is 7.11 Å². The number of rotatable bonds is 4. The van der Waals surface area contributed by atoms with Crippen molar-refractivity contribution < 1.29 is 9.13 Å². The van der Waals surface area contributed by atoms with Gasteiger partial charge in [0.15, 0.2) is 0 Å². The number of ether oxygens (including phenoxy) is 1. The number of hydrogen-bond donors (Lipinski definition) is 1. The summed E-state index contributed by atoms with van der Waals surface area (Å²) >= 11 is 3.24. The highest BCUT2D eigenvalue weighted by Gasteiger charge is 2.15. The van der Waals surface area contributed by atoms with Gasteiger partial charge >= 0.3 is 0 Å². The molecule has 0 amide bonds. The normalized spacial score (nSPS) is 12.2. The van der Waals surface area contributed by atoms with Crippen LogP contribution in [-0.2, 0) is 6.42 Å². The highest BCUT2D eigenvalue weighted by molar-refractivity contribution is 9.10. The molecular weight excluding hydrogens is 321 g/mol. The van der Waals surface area contributed by atoms with Gasteiger partial charge in [0.25, 0.3) is 0 Å². The predicted molar refractivity (Wildman–Crippen MR) is 82.5 cm³/mol. The molecule has 1 unspecified atom stereocenters. The van der Waals surface area contributed by atoms with E-state index in [0.717, 1.165) is 16.9 Å². The number of benzene rings is 2. The van der Waals surface area contributed by atoms with Gasteiger partial charge in [0.05, 0.1) is 7.11 Å². The van der Waals surface area contributed by atoms with Gasteiger partial charge in [0, 0.05) is 16.1 Å². The van der Waals surface area contributed by atoms with E-state index in [1.807, 2.05) is 25.1 Å². The minimum Gasteiger partial charge on any atom is -0.496 e. The third-order valence-corrected chi connectivity index (χ3v) is 3.73. The number of halogens is 2. The van der Waals surface area contributed by atoms with Crippen LogP contribution >= 0.6 is 15.9 Å². The summed E-state index contributed by atoms with van der Waals surface area (Å²) in [7, 11) is 1.62. The molecule has 1 atom stereocenters. The quantitative estimate of drug-likeness (QED) is 0.909. The minimum atomic E-state index is -0.404. The lowest BCUT2D eigenvalue weighted by Crippen LogP contribution is -2.15. The van der Waals surface area contributed by atoms with Crippen LogP contribution in [0.25, 0.3) is 0 Å². The summed E-state index contributed by atoms with van der Waals surface area (Å²) in [4.78, 5) is 0. The molecule has 0 bridgehead atoms. The third kappa shape index (κ3) is 3.38. The first kappa shape index (κ1) is 15.0. The molecule has 0 radical (unpaired) electrons. The smallest absolute Gasteiger partial charge is 0.129 e. The van der Waals surface area contributed by atoms with Crippen LogP contribution in [0.4, 0.5) is 4.39 Å². The molecule has 0 aromatic heterocycles. The molecule has 0 aliphatic heterocycles. The van der Waals surface area contributed by atoms with Crippen molar-refractivity contribution in [3.05, 3.63) is 63.4 Å². The van der Waals surface area contributed by atoms with Gasteiger partial charge in [-0.2, -0.15) is 0 Å². The Bertz CT molecular complexity index is 615. The largest absolute Gasteiger partial charge is 0.496 e. The highest BCUT2D eigenvalue weighted by atomic mass is 79.9. The number of methoxy groups -OCH3 is 1. The molecule has 0 fully saturated rings. The summed E-state index contributed by atoms with van der Waals surface area (Å²) in [5, 5.41) is 0. The highest BCUT2D eigenvalue weighted by Crippen LogP contribution is 2.27. The van der Waals surface area contributed by atoms with Crippen molar-refractivity contribution in [3.8, 4) is 5.75 Å². The second-order valence-electron chi connectivity index (χ2n) is 4.79. The zero-order chi connectivity index (χ0) is 14.7. The molecule has 106 valence electrons. The second kappa shape index (κ2) is 6.37. The Morgan fingerprint density at radius 1 is 1.25 bits per heavy atom. The van der Waals surface area contributed by atoms with Gasteiger partial charge in [0.2, 0.25) is 0 Å². The molecule has 2 nitrogen and oxygen atoms in total. The SMILES string of the molecule is COc1ccc(C)cc1CC(N)c1ccc(Br)cc1F. The lowest BCUT2D eigenvalue weighted by atomic mass is 9.97. The Morgan fingerprint density at radius 2 is 2.00 bits per heavy atom. The summed E-state index contributed by atoms with van der Waals surface area (Å²) in [6.07, 6.45) is 0.531. The molecular formula is C16H17BrFNO. The van der Waals surface area contributed by atoms with Crippen LogP contribution in [0.3, 0.4) is 0 Å². The zero-order valence-corrected chi connectivity index (χ0v) is 13.1. The second-order valence-corrected chi connectivity index (χ2v) is 5.71. The Balaban J connectivity index is 2.27. The van der Waals surface area contributed by atoms with Crippen LogP contribution in [0.5, 0.6) is 5.75 Å². The van der Waals surface area contributed by atoms with Crippen LogP contribution < -0.4 is 10.5 Å². The van der Waals surface area contributed by atoms with E-state index in [2.05, 4.69) is 15.9 Å². The Morgan fingerprint density at radius 3 is 2.65 bits per heavy atom. The van der Waals surface area contributed by atoms with E-state index in [4.69, 9.17) is 10.5 Å². The molecule has 0 aliphatic carbocycles. The number of aryl methyl sites for hydroxylation is 1. The van der Waals surface area contributed by atoms with Gasteiger partial charge in [-0.05, 0) is 37.1 Å². The average molecular weight is 338 g/mol. The summed E-state index contributed by atoms with van der Waals surface area (Å²) < 4.78 is 20.0. The summed E-state index contributed by atoms with van der Waals surface area (Å²) in [6.45, 7) is 2.01. The van der Waals surface area contributed by atoms with Crippen LogP contribution in [0.2, 0.25) is 0 Å². The van der Waals surface area contributed by atoms with Gasteiger partial charge in [-0.1, -0.05) is 39.7 Å². The first-order valence-corrected chi connectivity index (χ1v) is 7.14. The van der Waals surface area contributed by atoms with Gasteiger partial charge < -0.3 is 10.5 Å². The molecule has 2 N–H and O–H groups in total. The monoisotopic (exact) mass is 337 g/mol. The Hall–Kier alpha value is -1.39. The summed E-state index contributed by atoms with van der Waals surface area (Å²) in [5.41, 5.74) is 8.77. The van der Waals surface area contributed by atoms with E-state index in [9.17, 15) is 4.39 Å². The summed E-state index contributed by atoms with van der Waals surface area (Å²) in [6, 6.07) is 10.5. The first-order chi connectivity index (χ1) is 9.51. The molecule has 2 rings (SSSR count). The van der Waals surface area contributed by atoms with E-state index in [0.29, 0.717) is 16.5 Å². The first-order valence-electron chi connectivity index (χ1n) is 6.35. The molecule has 0 saturated heterocycles. The third-order valence-electron chi connectivity index (χ3n) is 3.24. The molecule has 0 aliphatic rings. The summed E-state index contributed by atoms with van der Waals surface area (Å²) in [5.74, 6) is 0.488. The van der Waals surface area contributed by atoms with E-state index in [-0.39, 0.29) is 5.82 Å². The molecule has 0 heterocycles. The maximum absolute atomic E-state index is 13.9. The van der Waals surface area contributed by atoms with E-state index >= 15 is 0 Å². The lowest BCUT2D eigenvalue weighted by Gasteiger charge is -2.16. The maximum atomic E-state index is 13.9. The number of hydrogen-bond acceptors (Lipinski definition) is 2. The van der Waals surface area contributed by atoms with Crippen molar-refractivity contribution in [2.45, 2.75) is 19.4 Å². The van der Waals surface area contributed by atoms with Gasteiger partial charge in [-0.25, -0.2) is 4.39 Å². The maximum Gasteiger partial charge on any atom is 0.129 e. The molecule has 4 heteroatoms. The van der Waals surface area contributed by atoms with Crippen LogP contribution in [0.15, 0.2) is 40.9 Å². The molecule has 2 aromatic carbocycles. The fraction of sp³-hybridized carbons (Fsp3) is 0.250. The topological polar surface area (TPSA) is 35.2 Å². The van der Waals surface area contributed by atoms with Crippen molar-refractivity contribution in [1.29, 1.82) is 0 Å². The van der Waals surface area contributed by atoms with E-state index in [1.54, 1.807) is 19.2 Å². The van der Waals surface area contributed by atoms with Gasteiger partial charge in [-0.3, -0.25) is 0 Å². The Kier molecular flexibility index (Phi) is 4.78. The predicted octanol–water partition coefficient (Wildman–Crippen LogP) is 4.15. The van der Waals surface area contributed by atoms with E-state index < -0.39 is 6.04 Å². The van der Waals surface area contributed by atoms with E-state index in [1.165, 1.54) is 6.07 Å². The fourth-order valence-electron chi connectivity index (χ4n) is 2.22. The standard InChI is InChI=1S/C16H17BrFNO/c1-10-3-6-16(20-2)11(7-10)8-15(19)13-5-4-12(17)9-14(13)18/h3-7,9,15H,8,19H2,1-2H3. The van der Waals surface area contributed by atoms with Gasteiger partial charge in [0.1, 0.15) is 11.6 Å². The van der Waals surface area contributed by atoms with Crippen LogP contribution in [0.1, 0.15) is 22.7 Å². The lowest BCUT2D eigenvalue weighted by molar-refractivity contribution is 0.407. The van der Waals surface area contributed by atoms with Crippen molar-refractivity contribution in [3.63, 3.8) is 0 Å². The molecule has 20 heavy (non-hydrogen) atoms. The molecule has 0 saturated carbocycles. The Labute approximate surface area is 126 Å². The molecule has 0 spiro atoms. The van der Waals surface area contributed by atoms with Crippen LogP contribution in [-0.4, -0.2) is 7.11 Å². The molecule has 2 aromatic rings. The van der Waals surface area contributed by atoms with Crippen LogP contribution in [0, 0.1) is 12.7 Å². The number of nitrogens with two attached hydrogens (primary N) is 1. The van der Waals surface area contributed by atoms with Crippen molar-refractivity contribution in [2.24, 2.45) is 5.73 Å². The fourth-order valence-corrected chi connectivity index (χ4v) is 2.55.